The molecule has 3 aromatic rings. The van der Waals surface area contributed by atoms with E-state index in [9.17, 15) is 4.79 Å². The molecule has 1 N–H and O–H groups in total. The van der Waals surface area contributed by atoms with Crippen molar-refractivity contribution in [3.8, 4) is 17.2 Å². The fourth-order valence-corrected chi connectivity index (χ4v) is 4.28. The van der Waals surface area contributed by atoms with Crippen molar-refractivity contribution in [3.63, 3.8) is 0 Å². The van der Waals surface area contributed by atoms with Crippen LogP contribution in [0.1, 0.15) is 15.9 Å². The predicted molar refractivity (Wildman–Crippen MR) is 120 cm³/mol. The highest BCUT2D eigenvalue weighted by Gasteiger charge is 2.26. The molecule has 1 amide bonds. The first-order valence-corrected chi connectivity index (χ1v) is 10.5. The lowest BCUT2D eigenvalue weighted by atomic mass is 10.0. The average Bonchev–Trinajstić information content (AvgIpc) is 2.83. The van der Waals surface area contributed by atoms with Crippen LogP contribution in [0.2, 0.25) is 0 Å². The van der Waals surface area contributed by atoms with Gasteiger partial charge in [0.15, 0.2) is 11.5 Å². The monoisotopic (exact) mass is 421 g/mol. The number of carbonyl (C=O) groups excluding carboxylic acids is 1. The van der Waals surface area contributed by atoms with Gasteiger partial charge in [-0.05, 0) is 22.9 Å². The molecule has 0 radical (unpaired) electrons. The Kier molecular flexibility index (Phi) is 6.28. The quantitative estimate of drug-likeness (QED) is 0.664. The number of methoxy groups -OCH3 is 3. The van der Waals surface area contributed by atoms with E-state index < -0.39 is 0 Å². The molecule has 0 saturated carbocycles. The number of nitrogens with one attached hydrogen (secondary N) is 1. The van der Waals surface area contributed by atoms with Crippen LogP contribution in [0.3, 0.4) is 0 Å². The second-order valence-electron chi connectivity index (χ2n) is 7.76. The molecule has 0 spiro atoms. The Hall–Kier alpha value is -3.25. The van der Waals surface area contributed by atoms with E-state index in [1.807, 2.05) is 59.5 Å². The molecule has 0 bridgehead atoms. The van der Waals surface area contributed by atoms with Crippen LogP contribution >= 0.6 is 0 Å². The number of rotatable bonds is 6. The van der Waals surface area contributed by atoms with Crippen LogP contribution in [0.15, 0.2) is 54.6 Å². The van der Waals surface area contributed by atoms with Gasteiger partial charge in [-0.3, -0.25) is 4.79 Å². The molecule has 0 aromatic heterocycles. The number of hydrogen-bond acceptors (Lipinski definition) is 4. The molecule has 162 valence electrons. The van der Waals surface area contributed by atoms with Crippen molar-refractivity contribution < 1.29 is 23.9 Å². The molecule has 0 aliphatic carbocycles. The molecule has 1 aliphatic rings. The third kappa shape index (κ3) is 4.30. The Morgan fingerprint density at radius 3 is 2.23 bits per heavy atom. The second-order valence-corrected chi connectivity index (χ2v) is 7.76. The van der Waals surface area contributed by atoms with Crippen molar-refractivity contribution in [3.05, 3.63) is 65.7 Å². The number of benzene rings is 3. The topological polar surface area (TPSA) is 52.4 Å². The Morgan fingerprint density at radius 1 is 0.871 bits per heavy atom. The maximum absolute atomic E-state index is 13.2. The number of ether oxygens (including phenoxy) is 3. The molecule has 1 aliphatic heterocycles. The van der Waals surface area contributed by atoms with Crippen molar-refractivity contribution in [1.29, 1.82) is 0 Å². The van der Waals surface area contributed by atoms with Crippen molar-refractivity contribution in [2.75, 3.05) is 47.5 Å². The Bertz CT molecular complexity index is 1070. The van der Waals surface area contributed by atoms with E-state index in [4.69, 9.17) is 14.2 Å². The van der Waals surface area contributed by atoms with E-state index in [0.29, 0.717) is 11.5 Å². The molecule has 0 unspecified atom stereocenters. The lowest BCUT2D eigenvalue weighted by molar-refractivity contribution is -0.917. The summed E-state index contributed by atoms with van der Waals surface area (Å²) in [5.74, 6) is 2.25. The number of amides is 1. The molecule has 1 fully saturated rings. The Balaban J connectivity index is 1.45. The number of fused-ring (bicyclic) bond motifs is 1. The second kappa shape index (κ2) is 9.27. The summed E-state index contributed by atoms with van der Waals surface area (Å²) < 4.78 is 16.4. The summed E-state index contributed by atoms with van der Waals surface area (Å²) in [7, 11) is 4.92. The van der Waals surface area contributed by atoms with E-state index in [1.165, 1.54) is 4.90 Å². The standard InChI is InChI=1S/C25H28N2O4/c1-29-22-16-24(31-3)23(30-2)15-19(22)17-26-11-13-27(14-12-26)25(28)21-10-6-8-18-7-4-5-9-20(18)21/h4-10,15-16H,11-14,17H2,1-3H3/p+1. The van der Waals surface area contributed by atoms with Crippen molar-refractivity contribution in [1.82, 2.24) is 4.90 Å². The van der Waals surface area contributed by atoms with Gasteiger partial charge in [0.2, 0.25) is 0 Å². The number of quaternary nitrogens is 1. The predicted octanol–water partition coefficient (Wildman–Crippen LogP) is 2.41. The highest BCUT2D eigenvalue weighted by molar-refractivity contribution is 6.07. The van der Waals surface area contributed by atoms with E-state index in [0.717, 1.165) is 60.4 Å². The van der Waals surface area contributed by atoms with E-state index in [1.54, 1.807) is 21.3 Å². The zero-order valence-electron chi connectivity index (χ0n) is 18.3. The number of nitrogens with zero attached hydrogens (tertiary/aromatic N) is 1. The largest absolute Gasteiger partial charge is 0.496 e. The van der Waals surface area contributed by atoms with Crippen LogP contribution in [0, 0.1) is 0 Å². The molecule has 31 heavy (non-hydrogen) atoms. The summed E-state index contributed by atoms with van der Waals surface area (Å²) in [6.45, 7) is 4.03. The molecular weight excluding hydrogens is 392 g/mol. The van der Waals surface area contributed by atoms with Crippen molar-refractivity contribution in [2.24, 2.45) is 0 Å². The highest BCUT2D eigenvalue weighted by Crippen LogP contribution is 2.34. The summed E-state index contributed by atoms with van der Waals surface area (Å²) in [5.41, 5.74) is 1.85. The maximum Gasteiger partial charge on any atom is 0.254 e. The van der Waals surface area contributed by atoms with Crippen LogP contribution in [0.5, 0.6) is 17.2 Å². The maximum atomic E-state index is 13.2. The molecule has 0 atom stereocenters. The summed E-state index contributed by atoms with van der Waals surface area (Å²) in [6.07, 6.45) is 0. The fourth-order valence-electron chi connectivity index (χ4n) is 4.28. The van der Waals surface area contributed by atoms with Gasteiger partial charge < -0.3 is 24.0 Å². The lowest BCUT2D eigenvalue weighted by Crippen LogP contribution is -3.13. The smallest absolute Gasteiger partial charge is 0.254 e. The third-order valence-corrected chi connectivity index (χ3v) is 6.00. The number of hydrogen-bond donors (Lipinski definition) is 1. The van der Waals surface area contributed by atoms with Gasteiger partial charge in [-0.2, -0.15) is 0 Å². The number of piperazine rings is 1. The van der Waals surface area contributed by atoms with Gasteiger partial charge in [-0.25, -0.2) is 0 Å². The summed E-state index contributed by atoms with van der Waals surface area (Å²) in [5, 5.41) is 2.11. The lowest BCUT2D eigenvalue weighted by Gasteiger charge is -2.32. The van der Waals surface area contributed by atoms with Crippen LogP contribution in [-0.2, 0) is 6.54 Å². The minimum absolute atomic E-state index is 0.111. The van der Waals surface area contributed by atoms with E-state index in [2.05, 4.69) is 0 Å². The summed E-state index contributed by atoms with van der Waals surface area (Å²) >= 11 is 0. The first kappa shape index (κ1) is 21.0. The summed E-state index contributed by atoms with van der Waals surface area (Å²) in [4.78, 5) is 16.6. The van der Waals surface area contributed by atoms with Gasteiger partial charge >= 0.3 is 0 Å². The third-order valence-electron chi connectivity index (χ3n) is 6.00. The molecule has 1 saturated heterocycles. The SMILES string of the molecule is COc1cc(OC)c(OC)cc1C[NH+]1CCN(C(=O)c2cccc3ccccc23)CC1. The van der Waals surface area contributed by atoms with Crippen molar-refractivity contribution >= 4 is 16.7 Å². The van der Waals surface area contributed by atoms with Crippen LogP contribution in [-0.4, -0.2) is 58.3 Å². The molecule has 3 aromatic carbocycles. The van der Waals surface area contributed by atoms with Gasteiger partial charge in [-0.15, -0.1) is 0 Å². The zero-order chi connectivity index (χ0) is 21.8. The van der Waals surface area contributed by atoms with E-state index >= 15 is 0 Å². The van der Waals surface area contributed by atoms with E-state index in [-0.39, 0.29) is 5.91 Å². The molecule has 1 heterocycles. The summed E-state index contributed by atoms with van der Waals surface area (Å²) in [6, 6.07) is 17.8. The molecule has 6 heteroatoms. The van der Waals surface area contributed by atoms with Crippen LogP contribution in [0.4, 0.5) is 0 Å². The number of carbonyl (C=O) groups is 1. The van der Waals surface area contributed by atoms with Gasteiger partial charge in [0.1, 0.15) is 12.3 Å². The van der Waals surface area contributed by atoms with Crippen molar-refractivity contribution in [2.45, 2.75) is 6.54 Å². The zero-order valence-corrected chi connectivity index (χ0v) is 18.3. The Morgan fingerprint density at radius 2 is 1.52 bits per heavy atom. The first-order valence-electron chi connectivity index (χ1n) is 10.5. The van der Waals surface area contributed by atoms with Gasteiger partial charge in [0.05, 0.1) is 53.1 Å². The van der Waals surface area contributed by atoms with Gasteiger partial charge in [0.25, 0.3) is 5.91 Å². The first-order chi connectivity index (χ1) is 15.1. The fraction of sp³-hybridized carbons (Fsp3) is 0.320. The van der Waals surface area contributed by atoms with Crippen LogP contribution < -0.4 is 19.1 Å². The minimum Gasteiger partial charge on any atom is -0.496 e. The highest BCUT2D eigenvalue weighted by atomic mass is 16.5. The Labute approximate surface area is 182 Å². The average molecular weight is 422 g/mol. The minimum atomic E-state index is 0.111. The molecule has 6 nitrogen and oxygen atoms in total. The molecule has 4 rings (SSSR count). The normalized spacial score (nSPS) is 14.5. The van der Waals surface area contributed by atoms with Gasteiger partial charge in [-0.1, -0.05) is 36.4 Å². The van der Waals surface area contributed by atoms with Gasteiger partial charge in [0, 0.05) is 11.6 Å². The van der Waals surface area contributed by atoms with Crippen LogP contribution in [0.25, 0.3) is 10.8 Å². The molecular formula is C25H29N2O4+.